The number of hydrogen-bond acceptors (Lipinski definition) is 12. The second kappa shape index (κ2) is 15.0. The third-order valence-corrected chi connectivity index (χ3v) is 9.38. The Labute approximate surface area is 324 Å². The van der Waals surface area contributed by atoms with E-state index in [4.69, 9.17) is 25.2 Å². The number of primary amides is 1. The van der Waals surface area contributed by atoms with Crippen molar-refractivity contribution < 1.29 is 23.9 Å². The predicted octanol–water partition coefficient (Wildman–Crippen LogP) is 3.64. The molecule has 6 heterocycles. The normalized spacial score (nSPS) is 13.8. The van der Waals surface area contributed by atoms with Gasteiger partial charge in [0.25, 0.3) is 11.8 Å². The highest BCUT2D eigenvalue weighted by molar-refractivity contribution is 6.05. The van der Waals surface area contributed by atoms with Gasteiger partial charge in [-0.25, -0.2) is 15.1 Å². The van der Waals surface area contributed by atoms with Gasteiger partial charge in [0.05, 0.1) is 35.6 Å². The van der Waals surface area contributed by atoms with E-state index in [1.165, 1.54) is 0 Å². The predicted molar refractivity (Wildman–Crippen MR) is 207 cm³/mol. The summed E-state index contributed by atoms with van der Waals surface area (Å²) >= 11 is 0. The van der Waals surface area contributed by atoms with Crippen molar-refractivity contribution in [3.05, 3.63) is 76.9 Å². The van der Waals surface area contributed by atoms with E-state index in [9.17, 15) is 14.4 Å². The summed E-state index contributed by atoms with van der Waals surface area (Å²) in [7, 11) is 0. The van der Waals surface area contributed by atoms with Gasteiger partial charge in [0.2, 0.25) is 17.8 Å². The maximum atomic E-state index is 13.7. The van der Waals surface area contributed by atoms with Gasteiger partial charge < -0.3 is 24.3 Å². The van der Waals surface area contributed by atoms with Crippen LogP contribution in [0.25, 0.3) is 33.5 Å². The second-order valence-corrected chi connectivity index (χ2v) is 13.3. The van der Waals surface area contributed by atoms with E-state index in [2.05, 4.69) is 41.5 Å². The number of ether oxygens (including phenoxy) is 2. The van der Waals surface area contributed by atoms with Gasteiger partial charge in [-0.15, -0.1) is 5.10 Å². The first-order valence-corrected chi connectivity index (χ1v) is 18.4. The topological polar surface area (TPSA) is 245 Å². The number of benzene rings is 2. The number of aryl methyl sites for hydroxylation is 4. The smallest absolute Gasteiger partial charge is 0.276 e. The van der Waals surface area contributed by atoms with Crippen molar-refractivity contribution in [1.29, 1.82) is 0 Å². The van der Waals surface area contributed by atoms with Crippen LogP contribution in [0.3, 0.4) is 0 Å². The number of carbonyl (C=O) groups excluding carboxylic acids is 3. The standard InChI is InChI=1S/C37H39N15O5/c1-5-51-26(14-20(3)45-51)34(54)41-36-39-24-16-22(32(38)53)18-28-30(24)49(36)10-7-8-11-50-31-25(40-37(50)42-35(55)27-15-21(4)46-52(27)6-2)17-23(33-43-47-48-44-33)19-29(31)57-13-9-12-56-28/h7-8,14-19H,5-6,9-13H2,1-4H3,(H2,38,53)(H,39,41,54)(H,40,42,55)(H,43,44,47,48)/b8-7+. The van der Waals surface area contributed by atoms with Crippen molar-refractivity contribution >= 4 is 51.7 Å². The molecule has 5 N–H and O–H groups in total. The molecule has 292 valence electrons. The second-order valence-electron chi connectivity index (χ2n) is 13.3. The number of anilines is 2. The van der Waals surface area contributed by atoms with Crippen molar-refractivity contribution in [3.8, 4) is 22.9 Å². The summed E-state index contributed by atoms with van der Waals surface area (Å²) in [5.74, 6) is 0.298. The fourth-order valence-corrected chi connectivity index (χ4v) is 6.84. The summed E-state index contributed by atoms with van der Waals surface area (Å²) < 4.78 is 19.6. The van der Waals surface area contributed by atoms with Gasteiger partial charge in [-0.2, -0.15) is 10.2 Å². The molecule has 0 fully saturated rings. The Bertz CT molecular complexity index is 2700. The molecule has 0 bridgehead atoms. The summed E-state index contributed by atoms with van der Waals surface area (Å²) in [5, 5.41) is 29.1. The first kappa shape index (κ1) is 36.6. The molecule has 0 saturated carbocycles. The molecule has 57 heavy (non-hydrogen) atoms. The number of allylic oxidation sites excluding steroid dienone is 2. The van der Waals surface area contributed by atoms with Gasteiger partial charge in [0.15, 0.2) is 5.82 Å². The first-order chi connectivity index (χ1) is 27.6. The average molecular weight is 774 g/mol. The minimum absolute atomic E-state index is 0.189. The fourth-order valence-electron chi connectivity index (χ4n) is 6.84. The first-order valence-electron chi connectivity index (χ1n) is 18.4. The number of nitrogens with zero attached hydrogens (tertiary/aromatic N) is 11. The molecule has 7 aromatic rings. The number of imidazole rings is 2. The highest BCUT2D eigenvalue weighted by atomic mass is 16.5. The molecule has 5 aromatic heterocycles. The zero-order valence-corrected chi connectivity index (χ0v) is 31.6. The summed E-state index contributed by atoms with van der Waals surface area (Å²) in [4.78, 5) is 49.4. The Kier molecular flexibility index (Phi) is 9.65. The van der Waals surface area contributed by atoms with Gasteiger partial charge in [-0.3, -0.25) is 34.4 Å². The molecule has 8 rings (SSSR count). The van der Waals surface area contributed by atoms with Crippen LogP contribution in [0.1, 0.15) is 63.0 Å². The van der Waals surface area contributed by atoms with Crippen LogP contribution in [0.5, 0.6) is 11.5 Å². The van der Waals surface area contributed by atoms with Crippen LogP contribution < -0.4 is 25.8 Å². The van der Waals surface area contributed by atoms with Crippen molar-refractivity contribution in [2.75, 3.05) is 23.8 Å². The molecule has 3 amide bonds. The molecule has 0 saturated heterocycles. The van der Waals surface area contributed by atoms with Crippen LogP contribution in [-0.2, 0) is 26.2 Å². The van der Waals surface area contributed by atoms with Crippen molar-refractivity contribution in [3.63, 3.8) is 0 Å². The number of amides is 3. The summed E-state index contributed by atoms with van der Waals surface area (Å²) in [6.45, 7) is 9.33. The quantitative estimate of drug-likeness (QED) is 0.162. The zero-order valence-electron chi connectivity index (χ0n) is 31.6. The molecule has 1 aliphatic rings. The Morgan fingerprint density at radius 2 is 1.32 bits per heavy atom. The lowest BCUT2D eigenvalue weighted by molar-refractivity contribution is 0.0994. The molecular weight excluding hydrogens is 735 g/mol. The van der Waals surface area contributed by atoms with E-state index in [0.29, 0.717) is 87.2 Å². The Balaban J connectivity index is 1.22. The molecule has 1 aliphatic heterocycles. The van der Waals surface area contributed by atoms with Gasteiger partial charge in [0.1, 0.15) is 33.9 Å². The van der Waals surface area contributed by atoms with E-state index in [-0.39, 0.29) is 49.7 Å². The lowest BCUT2D eigenvalue weighted by atomic mass is 10.1. The van der Waals surface area contributed by atoms with Gasteiger partial charge in [0, 0.05) is 43.7 Å². The highest BCUT2D eigenvalue weighted by Crippen LogP contribution is 2.35. The van der Waals surface area contributed by atoms with Crippen LogP contribution in [0.4, 0.5) is 11.9 Å². The number of rotatable bonds is 8. The Morgan fingerprint density at radius 3 is 1.82 bits per heavy atom. The number of aromatic nitrogens is 12. The molecule has 0 spiro atoms. The monoisotopic (exact) mass is 773 g/mol. The van der Waals surface area contributed by atoms with E-state index in [1.54, 1.807) is 38.2 Å². The average Bonchev–Trinajstić information content (AvgIpc) is 4.03. The largest absolute Gasteiger partial charge is 0.491 e. The molecule has 0 unspecified atom stereocenters. The highest BCUT2D eigenvalue weighted by Gasteiger charge is 2.24. The number of nitrogens with two attached hydrogens (primary N) is 1. The van der Waals surface area contributed by atoms with Gasteiger partial charge in [-0.1, -0.05) is 12.2 Å². The third kappa shape index (κ3) is 7.03. The summed E-state index contributed by atoms with van der Waals surface area (Å²) in [5.41, 5.74) is 10.8. The zero-order chi connectivity index (χ0) is 39.8. The number of tetrazole rings is 1. The number of aromatic amines is 1. The number of H-pyrrole nitrogens is 1. The lowest BCUT2D eigenvalue weighted by Crippen LogP contribution is -2.20. The molecule has 2 aromatic carbocycles. The molecule has 0 radical (unpaired) electrons. The van der Waals surface area contributed by atoms with E-state index < -0.39 is 11.8 Å². The van der Waals surface area contributed by atoms with Crippen molar-refractivity contribution in [1.82, 2.24) is 59.3 Å². The number of carbonyl (C=O) groups is 3. The van der Waals surface area contributed by atoms with Crippen LogP contribution in [0, 0.1) is 13.8 Å². The van der Waals surface area contributed by atoms with Crippen LogP contribution in [-0.4, -0.2) is 90.2 Å². The maximum absolute atomic E-state index is 13.7. The van der Waals surface area contributed by atoms with Crippen molar-refractivity contribution in [2.45, 2.75) is 60.3 Å². The molecule has 20 heteroatoms. The Hall–Kier alpha value is -7.38. The van der Waals surface area contributed by atoms with E-state index >= 15 is 0 Å². The van der Waals surface area contributed by atoms with E-state index in [1.807, 2.05) is 56.5 Å². The minimum atomic E-state index is -0.656. The SMILES string of the molecule is CCn1nc(C)cc1C(=O)Nc1nc2cc(C(N)=O)cc3c2n1C/C=C/Cn1c(NC(=O)c2cc(C)nn2CC)nc2cc(-c4nnn[nH]4)cc(c21)OCCCO3. The van der Waals surface area contributed by atoms with Crippen molar-refractivity contribution in [2.24, 2.45) is 5.73 Å². The van der Waals surface area contributed by atoms with Crippen LogP contribution >= 0.6 is 0 Å². The third-order valence-electron chi connectivity index (χ3n) is 9.38. The van der Waals surface area contributed by atoms with E-state index in [0.717, 1.165) is 0 Å². The molecule has 0 atom stereocenters. The number of nitrogens with one attached hydrogen (secondary N) is 3. The van der Waals surface area contributed by atoms with Gasteiger partial charge >= 0.3 is 0 Å². The Morgan fingerprint density at radius 1 is 0.772 bits per heavy atom. The molecule has 20 nitrogen and oxygen atoms in total. The number of hydrogen-bond donors (Lipinski definition) is 4. The summed E-state index contributed by atoms with van der Waals surface area (Å²) in [6, 6.07) is 10.2. The maximum Gasteiger partial charge on any atom is 0.276 e. The lowest BCUT2D eigenvalue weighted by Gasteiger charge is -2.13. The molecule has 0 aliphatic carbocycles. The fraction of sp³-hybridized carbons (Fsp3) is 0.297. The minimum Gasteiger partial charge on any atom is -0.491 e. The summed E-state index contributed by atoms with van der Waals surface area (Å²) in [6.07, 6.45) is 4.22. The van der Waals surface area contributed by atoms with Crippen LogP contribution in [0.2, 0.25) is 0 Å². The molecular formula is C37H39N15O5. The van der Waals surface area contributed by atoms with Crippen LogP contribution in [0.15, 0.2) is 48.6 Å². The van der Waals surface area contributed by atoms with Gasteiger partial charge in [-0.05, 0) is 74.5 Å².